The highest BCUT2D eigenvalue weighted by Crippen LogP contribution is 2.26. The van der Waals surface area contributed by atoms with Crippen molar-refractivity contribution in [2.75, 3.05) is 18.1 Å². The Morgan fingerprint density at radius 3 is 2.71 bits per heavy atom. The summed E-state index contributed by atoms with van der Waals surface area (Å²) >= 11 is 0. The summed E-state index contributed by atoms with van der Waals surface area (Å²) < 4.78 is 36.8. The van der Waals surface area contributed by atoms with E-state index in [1.165, 1.54) is 6.07 Å². The van der Waals surface area contributed by atoms with E-state index in [1.54, 1.807) is 0 Å². The summed E-state index contributed by atoms with van der Waals surface area (Å²) in [6, 6.07) is 3.39. The molecule has 0 aromatic heterocycles. The Hall–Kier alpha value is -1.47. The predicted molar refractivity (Wildman–Crippen MR) is 78.4 cm³/mol. The van der Waals surface area contributed by atoms with Crippen molar-refractivity contribution in [2.45, 2.75) is 36.6 Å². The van der Waals surface area contributed by atoms with Crippen LogP contribution in [0.15, 0.2) is 23.1 Å². The lowest BCUT2D eigenvalue weighted by atomic mass is 9.93. The summed E-state index contributed by atoms with van der Waals surface area (Å²) in [5, 5.41) is 5.67. The van der Waals surface area contributed by atoms with Crippen LogP contribution in [0.2, 0.25) is 0 Å². The first-order valence-electron chi connectivity index (χ1n) is 6.84. The van der Waals surface area contributed by atoms with Gasteiger partial charge in [0.2, 0.25) is 5.91 Å². The lowest BCUT2D eigenvalue weighted by molar-refractivity contribution is -0.122. The van der Waals surface area contributed by atoms with Gasteiger partial charge in [0.15, 0.2) is 9.84 Å². The first-order chi connectivity index (χ1) is 9.78. The summed E-state index contributed by atoms with van der Waals surface area (Å²) in [6.07, 6.45) is 3.19. The van der Waals surface area contributed by atoms with E-state index in [0.29, 0.717) is 12.8 Å². The van der Waals surface area contributed by atoms with Crippen LogP contribution in [-0.4, -0.2) is 32.7 Å². The van der Waals surface area contributed by atoms with Crippen molar-refractivity contribution in [1.29, 1.82) is 0 Å². The minimum Gasteiger partial charge on any atom is -0.322 e. The molecule has 1 amide bonds. The molecule has 1 aliphatic rings. The third kappa shape index (κ3) is 3.24. The third-order valence-corrected chi connectivity index (χ3v) is 5.01. The molecule has 1 aromatic carbocycles. The molecule has 0 saturated carbocycles. The highest BCUT2D eigenvalue weighted by molar-refractivity contribution is 7.90. The summed E-state index contributed by atoms with van der Waals surface area (Å²) in [5.41, 5.74) is -0.808. The van der Waals surface area contributed by atoms with Crippen LogP contribution in [0.4, 0.5) is 10.1 Å². The molecule has 1 aliphatic heterocycles. The van der Waals surface area contributed by atoms with Gasteiger partial charge >= 0.3 is 0 Å². The van der Waals surface area contributed by atoms with Crippen LogP contribution in [0.1, 0.15) is 26.2 Å². The summed E-state index contributed by atoms with van der Waals surface area (Å²) in [4.78, 5) is 12.4. The average Bonchev–Trinajstić information content (AvgIpc) is 2.90. The van der Waals surface area contributed by atoms with Crippen molar-refractivity contribution in [2.24, 2.45) is 0 Å². The van der Waals surface area contributed by atoms with Crippen LogP contribution in [0.5, 0.6) is 0 Å². The molecule has 1 aromatic rings. The first-order valence-corrected chi connectivity index (χ1v) is 8.74. The van der Waals surface area contributed by atoms with E-state index in [1.807, 2.05) is 6.92 Å². The predicted octanol–water partition coefficient (Wildman–Crippen LogP) is 1.70. The second-order valence-corrected chi connectivity index (χ2v) is 7.35. The fraction of sp³-hybridized carbons (Fsp3) is 0.500. The molecule has 0 radical (unpaired) electrons. The Morgan fingerprint density at radius 2 is 2.19 bits per heavy atom. The fourth-order valence-corrected chi connectivity index (χ4v) is 3.18. The normalized spacial score (nSPS) is 22.2. The molecule has 1 saturated heterocycles. The number of benzene rings is 1. The van der Waals surface area contributed by atoms with Gasteiger partial charge in [0.1, 0.15) is 5.82 Å². The number of amides is 1. The number of halogens is 1. The minimum absolute atomic E-state index is 0.0240. The molecule has 1 heterocycles. The SMILES string of the molecule is CCC1(C(=O)Nc2cc(S(C)(=O)=O)ccc2F)CCCN1. The standard InChI is InChI=1S/C14H19FN2O3S/c1-3-14(7-4-8-16-14)13(18)17-12-9-10(21(2,19)20)5-6-11(12)15/h5-6,9,16H,3-4,7-8H2,1-2H3,(H,17,18). The van der Waals surface area contributed by atoms with Gasteiger partial charge < -0.3 is 10.6 Å². The van der Waals surface area contributed by atoms with Gasteiger partial charge in [-0.15, -0.1) is 0 Å². The number of hydrogen-bond donors (Lipinski definition) is 2. The van der Waals surface area contributed by atoms with Crippen molar-refractivity contribution in [3.05, 3.63) is 24.0 Å². The van der Waals surface area contributed by atoms with Gasteiger partial charge in [0.05, 0.1) is 16.1 Å². The van der Waals surface area contributed by atoms with Crippen LogP contribution >= 0.6 is 0 Å². The number of rotatable bonds is 4. The van der Waals surface area contributed by atoms with Crippen LogP contribution in [0, 0.1) is 5.82 Å². The summed E-state index contributed by atoms with van der Waals surface area (Å²) in [7, 11) is -3.45. The maximum Gasteiger partial charge on any atom is 0.244 e. The zero-order chi connectivity index (χ0) is 15.7. The Labute approximate surface area is 123 Å². The Kier molecular flexibility index (Phi) is 4.34. The zero-order valence-corrected chi connectivity index (χ0v) is 12.9. The number of hydrogen-bond acceptors (Lipinski definition) is 4. The van der Waals surface area contributed by atoms with Gasteiger partial charge in [0, 0.05) is 6.26 Å². The van der Waals surface area contributed by atoms with E-state index in [9.17, 15) is 17.6 Å². The van der Waals surface area contributed by atoms with Crippen molar-refractivity contribution in [3.63, 3.8) is 0 Å². The molecule has 0 bridgehead atoms. The molecule has 116 valence electrons. The smallest absolute Gasteiger partial charge is 0.244 e. The topological polar surface area (TPSA) is 75.3 Å². The number of carbonyl (C=O) groups excluding carboxylic acids is 1. The molecule has 0 spiro atoms. The molecule has 1 fully saturated rings. The van der Waals surface area contributed by atoms with Crippen LogP contribution in [0.25, 0.3) is 0 Å². The second-order valence-electron chi connectivity index (χ2n) is 5.33. The van der Waals surface area contributed by atoms with Gasteiger partial charge in [-0.1, -0.05) is 6.92 Å². The van der Waals surface area contributed by atoms with Gasteiger partial charge in [-0.2, -0.15) is 0 Å². The molecule has 0 aliphatic carbocycles. The van der Waals surface area contributed by atoms with E-state index in [0.717, 1.165) is 31.4 Å². The number of anilines is 1. The molecular formula is C14H19FN2O3S. The highest BCUT2D eigenvalue weighted by Gasteiger charge is 2.39. The van der Waals surface area contributed by atoms with Gasteiger partial charge in [-0.3, -0.25) is 4.79 Å². The van der Waals surface area contributed by atoms with Crippen LogP contribution < -0.4 is 10.6 Å². The number of carbonyl (C=O) groups is 1. The average molecular weight is 314 g/mol. The molecular weight excluding hydrogens is 295 g/mol. The monoisotopic (exact) mass is 314 g/mol. The van der Waals surface area contributed by atoms with Gasteiger partial charge in [-0.25, -0.2) is 12.8 Å². The Morgan fingerprint density at radius 1 is 1.48 bits per heavy atom. The maximum atomic E-state index is 13.8. The maximum absolute atomic E-state index is 13.8. The molecule has 7 heteroatoms. The van der Waals surface area contributed by atoms with E-state index in [2.05, 4.69) is 10.6 Å². The van der Waals surface area contributed by atoms with Crippen LogP contribution in [-0.2, 0) is 14.6 Å². The zero-order valence-electron chi connectivity index (χ0n) is 12.1. The first kappa shape index (κ1) is 15.9. The van der Waals surface area contributed by atoms with E-state index < -0.39 is 21.2 Å². The molecule has 21 heavy (non-hydrogen) atoms. The molecule has 2 N–H and O–H groups in total. The van der Waals surface area contributed by atoms with E-state index >= 15 is 0 Å². The van der Waals surface area contributed by atoms with Gasteiger partial charge in [0.25, 0.3) is 0 Å². The molecule has 5 nitrogen and oxygen atoms in total. The summed E-state index contributed by atoms with van der Waals surface area (Å²) in [6.45, 7) is 2.63. The highest BCUT2D eigenvalue weighted by atomic mass is 32.2. The largest absolute Gasteiger partial charge is 0.322 e. The fourth-order valence-electron chi connectivity index (χ4n) is 2.54. The minimum atomic E-state index is -3.45. The summed E-state index contributed by atoms with van der Waals surface area (Å²) in [5.74, 6) is -0.980. The van der Waals surface area contributed by atoms with E-state index in [-0.39, 0.29) is 16.5 Å². The number of nitrogens with one attached hydrogen (secondary N) is 2. The van der Waals surface area contributed by atoms with Crippen molar-refractivity contribution < 1.29 is 17.6 Å². The van der Waals surface area contributed by atoms with Gasteiger partial charge in [-0.05, 0) is 44.0 Å². The van der Waals surface area contributed by atoms with Crippen molar-refractivity contribution >= 4 is 21.4 Å². The second kappa shape index (κ2) is 5.73. The molecule has 1 unspecified atom stereocenters. The van der Waals surface area contributed by atoms with Crippen LogP contribution in [0.3, 0.4) is 0 Å². The lowest BCUT2D eigenvalue weighted by Gasteiger charge is -2.26. The molecule has 2 rings (SSSR count). The van der Waals surface area contributed by atoms with E-state index in [4.69, 9.17) is 0 Å². The Balaban J connectivity index is 2.29. The third-order valence-electron chi connectivity index (χ3n) is 3.90. The Bertz CT molecular complexity index is 652. The van der Waals surface area contributed by atoms with Crippen molar-refractivity contribution in [3.8, 4) is 0 Å². The lowest BCUT2D eigenvalue weighted by Crippen LogP contribution is -2.50. The number of sulfone groups is 1. The van der Waals surface area contributed by atoms with Crippen molar-refractivity contribution in [1.82, 2.24) is 5.32 Å². The molecule has 1 atom stereocenters. The quantitative estimate of drug-likeness (QED) is 0.830.